The summed E-state index contributed by atoms with van der Waals surface area (Å²) in [5, 5.41) is 53.5. The Morgan fingerprint density at radius 3 is 1.89 bits per heavy atom. The molecule has 0 saturated carbocycles. The van der Waals surface area contributed by atoms with E-state index in [1.165, 1.54) is 7.11 Å². The van der Waals surface area contributed by atoms with Crippen molar-refractivity contribution in [3.63, 3.8) is 0 Å². The molecular weight excluding hydrogens is 250 g/mol. The fourth-order valence-corrected chi connectivity index (χ4v) is 0.820. The van der Waals surface area contributed by atoms with Crippen molar-refractivity contribution in [1.82, 2.24) is 0 Å². The van der Waals surface area contributed by atoms with Gasteiger partial charge in [0.15, 0.2) is 0 Å². The maximum Gasteiger partial charge on any atom is 0.111 e. The lowest BCUT2D eigenvalue weighted by atomic mass is 10.0. The Kier molecular flexibility index (Phi) is 12.2. The van der Waals surface area contributed by atoms with Crippen LogP contribution in [0.4, 0.5) is 0 Å². The van der Waals surface area contributed by atoms with Gasteiger partial charge >= 0.3 is 0 Å². The van der Waals surface area contributed by atoms with Gasteiger partial charge in [-0.05, 0) is 0 Å². The highest BCUT2D eigenvalue weighted by Crippen LogP contribution is 2.03. The van der Waals surface area contributed by atoms with E-state index in [9.17, 15) is 9.90 Å². The normalized spacial score (nSPS) is 17.1. The summed E-state index contributed by atoms with van der Waals surface area (Å²) in [4.78, 5) is 9.36. The van der Waals surface area contributed by atoms with E-state index in [4.69, 9.17) is 31.3 Å². The predicted molar refractivity (Wildman–Crippen MR) is 57.1 cm³/mol. The molecule has 0 aromatic rings. The largest absolute Gasteiger partial charge is 0.548 e. The van der Waals surface area contributed by atoms with Gasteiger partial charge in [-0.1, -0.05) is 0 Å². The number of rotatable bonds is 7. The van der Waals surface area contributed by atoms with E-state index in [-0.39, 0.29) is 13.2 Å². The number of carbonyl (C=O) groups is 1. The summed E-state index contributed by atoms with van der Waals surface area (Å²) in [6.45, 7) is -1.23. The van der Waals surface area contributed by atoms with E-state index >= 15 is 0 Å². The lowest BCUT2D eigenvalue weighted by Crippen LogP contribution is -2.48. The predicted octanol–water partition coefficient (Wildman–Crippen LogP) is -5.24. The van der Waals surface area contributed by atoms with Crippen molar-refractivity contribution in [3.8, 4) is 0 Å². The fourth-order valence-electron chi connectivity index (χ4n) is 0.820. The van der Waals surface area contributed by atoms with Gasteiger partial charge in [-0.3, -0.25) is 0 Å². The number of carboxylic acids is 1. The molecule has 0 radical (unpaired) electrons. The van der Waals surface area contributed by atoms with Crippen LogP contribution in [0.3, 0.4) is 0 Å². The van der Waals surface area contributed by atoms with Gasteiger partial charge in [0, 0.05) is 13.7 Å². The Hall–Kier alpha value is -0.810. The Morgan fingerprint density at radius 2 is 1.67 bits per heavy atom. The van der Waals surface area contributed by atoms with Crippen LogP contribution >= 0.6 is 0 Å². The zero-order valence-electron chi connectivity index (χ0n) is 9.97. The lowest BCUT2D eigenvalue weighted by molar-refractivity contribution is -0.309. The first-order valence-electron chi connectivity index (χ1n) is 5.03. The molecule has 0 aromatic heterocycles. The van der Waals surface area contributed by atoms with Gasteiger partial charge in [0.25, 0.3) is 0 Å². The van der Waals surface area contributed by atoms with Crippen LogP contribution in [0, 0.1) is 0 Å². The molecule has 9 nitrogen and oxygen atoms in total. The minimum atomic E-state index is -1.59. The number of nitrogens with two attached hydrogens (primary N) is 1. The molecule has 0 spiro atoms. The van der Waals surface area contributed by atoms with Crippen LogP contribution in [-0.2, 0) is 9.53 Å². The summed E-state index contributed by atoms with van der Waals surface area (Å²) in [5.41, 5.74) is 4.99. The third kappa shape index (κ3) is 9.24. The molecule has 0 rings (SSSR count). The van der Waals surface area contributed by atoms with E-state index in [1.54, 1.807) is 0 Å². The first-order chi connectivity index (χ1) is 8.31. The monoisotopic (exact) mass is 270 g/mol. The maximum absolute atomic E-state index is 9.36. The molecule has 0 fully saturated rings. The minimum Gasteiger partial charge on any atom is -0.548 e. The fraction of sp³-hybridized carbons (Fsp3) is 0.889. The van der Waals surface area contributed by atoms with Gasteiger partial charge in [0.2, 0.25) is 0 Å². The Labute approximate surface area is 104 Å². The quantitative estimate of drug-likeness (QED) is 0.264. The zero-order chi connectivity index (χ0) is 14.7. The van der Waals surface area contributed by atoms with Crippen molar-refractivity contribution in [2.75, 3.05) is 26.9 Å². The number of carbonyl (C=O) groups excluding carboxylic acids is 1. The van der Waals surface area contributed by atoms with Crippen molar-refractivity contribution in [2.24, 2.45) is 5.73 Å². The Morgan fingerprint density at radius 1 is 1.22 bits per heavy atom. The number of aliphatic carboxylic acids is 1. The first kappa shape index (κ1) is 19.5. The van der Waals surface area contributed by atoms with Crippen LogP contribution in [0.1, 0.15) is 0 Å². The summed E-state index contributed by atoms with van der Waals surface area (Å²) in [5.74, 6) is -1.18. The molecule has 0 heterocycles. The Balaban J connectivity index is 0. The van der Waals surface area contributed by atoms with Gasteiger partial charge in [-0.25, -0.2) is 0 Å². The molecule has 0 aliphatic carbocycles. The van der Waals surface area contributed by atoms with Crippen molar-refractivity contribution in [2.45, 2.75) is 24.4 Å². The van der Waals surface area contributed by atoms with Crippen molar-refractivity contribution < 1.29 is 40.2 Å². The topological polar surface area (TPSA) is 177 Å². The smallest absolute Gasteiger partial charge is 0.111 e. The molecule has 7 N–H and O–H groups in total. The second-order valence-electron chi connectivity index (χ2n) is 3.34. The summed E-state index contributed by atoms with van der Waals surface area (Å²) in [6, 6.07) is 0. The molecule has 0 aromatic carbocycles. The molecule has 0 amide bonds. The van der Waals surface area contributed by atoms with E-state index in [0.717, 1.165) is 0 Å². The molecule has 9 heteroatoms. The van der Waals surface area contributed by atoms with Crippen LogP contribution in [0.5, 0.6) is 0 Å². The molecule has 4 unspecified atom stereocenters. The molecule has 0 saturated heterocycles. The Bertz CT molecular complexity index is 201. The van der Waals surface area contributed by atoms with Gasteiger partial charge in [-0.15, -0.1) is 0 Å². The molecule has 0 aliphatic heterocycles. The number of methoxy groups -OCH3 is 1. The van der Waals surface area contributed by atoms with Crippen LogP contribution in [0.25, 0.3) is 0 Å². The van der Waals surface area contributed by atoms with Crippen LogP contribution in [-0.4, -0.2) is 82.8 Å². The third-order valence-electron chi connectivity index (χ3n) is 1.83. The van der Waals surface area contributed by atoms with Crippen molar-refractivity contribution in [3.05, 3.63) is 0 Å². The first-order valence-corrected chi connectivity index (χ1v) is 5.03. The zero-order valence-corrected chi connectivity index (χ0v) is 9.97. The molecule has 4 atom stereocenters. The van der Waals surface area contributed by atoms with Crippen LogP contribution in [0.2, 0.25) is 0 Å². The maximum atomic E-state index is 9.36. The van der Waals surface area contributed by atoms with Gasteiger partial charge in [-0.2, -0.15) is 0 Å². The van der Waals surface area contributed by atoms with Crippen molar-refractivity contribution >= 4 is 5.97 Å². The second kappa shape index (κ2) is 11.3. The van der Waals surface area contributed by atoms with Gasteiger partial charge in [0.1, 0.15) is 18.3 Å². The van der Waals surface area contributed by atoms with E-state index < -0.39 is 37.0 Å². The van der Waals surface area contributed by atoms with Crippen molar-refractivity contribution in [1.29, 1.82) is 0 Å². The van der Waals surface area contributed by atoms with Crippen LogP contribution in [0.15, 0.2) is 0 Å². The highest BCUT2D eigenvalue weighted by atomic mass is 16.5. The van der Waals surface area contributed by atoms with E-state index in [0.29, 0.717) is 0 Å². The molecule has 0 aliphatic rings. The molecule has 110 valence electrons. The number of aliphatic hydroxyl groups excluding tert-OH is 5. The number of hydrogen-bond acceptors (Lipinski definition) is 9. The second-order valence-corrected chi connectivity index (χ2v) is 3.34. The number of hydrogen-bond donors (Lipinski definition) is 6. The molecular formula is C9H20NO8-. The number of aliphatic hydroxyl groups is 5. The molecule has 18 heavy (non-hydrogen) atoms. The highest BCUT2D eigenvalue weighted by molar-refractivity contribution is 5.65. The summed E-state index contributed by atoms with van der Waals surface area (Å²) >= 11 is 0. The minimum absolute atomic E-state index is 0.226. The number of ether oxygens (including phenoxy) is 1. The van der Waals surface area contributed by atoms with Gasteiger partial charge < -0.3 is 45.9 Å². The summed E-state index contributed by atoms with van der Waals surface area (Å²) < 4.78 is 4.14. The SMILES string of the molecule is COCC(=O)[O-].NCC(O)C(O)C(O)C(O)CO. The standard InChI is InChI=1S/C6H15NO5.C3H6O3/c7-1-3(9)5(11)6(12)4(10)2-8;1-6-2-3(4)5/h3-6,8-12H,1-2,7H2;2H2,1H3,(H,4,5)/p-1. The van der Waals surface area contributed by atoms with Gasteiger partial charge in [0.05, 0.1) is 25.3 Å². The number of carboxylic acid groups (broad SMARTS) is 1. The van der Waals surface area contributed by atoms with Crippen LogP contribution < -0.4 is 10.8 Å². The van der Waals surface area contributed by atoms with E-state index in [2.05, 4.69) is 4.74 Å². The summed E-state index contributed by atoms with van der Waals surface area (Å²) in [7, 11) is 1.30. The average molecular weight is 270 g/mol. The van der Waals surface area contributed by atoms with E-state index in [1.807, 2.05) is 0 Å². The lowest BCUT2D eigenvalue weighted by Gasteiger charge is -2.24. The average Bonchev–Trinajstić information content (AvgIpc) is 2.35. The highest BCUT2D eigenvalue weighted by Gasteiger charge is 2.28. The third-order valence-corrected chi connectivity index (χ3v) is 1.83. The summed E-state index contributed by atoms with van der Waals surface area (Å²) in [6.07, 6.45) is -5.91. The molecule has 0 bridgehead atoms.